The lowest BCUT2D eigenvalue weighted by Crippen LogP contribution is -2.48. The van der Waals surface area contributed by atoms with Crippen molar-refractivity contribution < 1.29 is 8.78 Å². The molecule has 140 valence electrons. The summed E-state index contributed by atoms with van der Waals surface area (Å²) in [6.45, 7) is 9.41. The Balaban J connectivity index is 2.10. The van der Waals surface area contributed by atoms with Crippen LogP contribution in [0, 0.1) is 23.0 Å². The van der Waals surface area contributed by atoms with Gasteiger partial charge in [-0.05, 0) is 74.6 Å². The number of anilines is 1. The number of benzene rings is 2. The van der Waals surface area contributed by atoms with E-state index in [4.69, 9.17) is 0 Å². The third-order valence-corrected chi connectivity index (χ3v) is 5.40. The molecule has 27 heavy (non-hydrogen) atoms. The smallest absolute Gasteiger partial charge is 0.132 e. The molecule has 1 aliphatic rings. The molecule has 1 heterocycles. The zero-order valence-electron chi connectivity index (χ0n) is 16.2. The van der Waals surface area contributed by atoms with E-state index in [1.165, 1.54) is 24.3 Å². The second-order valence-corrected chi connectivity index (χ2v) is 7.77. The fourth-order valence-electron chi connectivity index (χ4n) is 4.20. The highest BCUT2D eigenvalue weighted by Crippen LogP contribution is 2.44. The van der Waals surface area contributed by atoms with Gasteiger partial charge < -0.3 is 4.90 Å². The summed E-state index contributed by atoms with van der Waals surface area (Å²) in [4.78, 5) is 2.24. The van der Waals surface area contributed by atoms with E-state index in [1.54, 1.807) is 12.1 Å². The van der Waals surface area contributed by atoms with Crippen LogP contribution < -0.4 is 4.90 Å². The first-order valence-electron chi connectivity index (χ1n) is 9.25. The topological polar surface area (TPSA) is 27.0 Å². The number of fused-ring (bicyclic) bond motifs is 1. The van der Waals surface area contributed by atoms with Gasteiger partial charge in [-0.2, -0.15) is 5.26 Å². The van der Waals surface area contributed by atoms with Crippen molar-refractivity contribution in [1.29, 1.82) is 5.26 Å². The highest BCUT2D eigenvalue weighted by Gasteiger charge is 2.36. The Morgan fingerprint density at radius 2 is 1.93 bits per heavy atom. The van der Waals surface area contributed by atoms with Crippen LogP contribution in [0.2, 0.25) is 0 Å². The number of nitrogens with zero attached hydrogens (tertiary/aromatic N) is 2. The summed E-state index contributed by atoms with van der Waals surface area (Å²) in [7, 11) is 0. The number of hydrogen-bond donors (Lipinski definition) is 0. The fraction of sp³-hybridized carbons (Fsp3) is 0.348. The van der Waals surface area contributed by atoms with E-state index in [9.17, 15) is 14.0 Å². The zero-order valence-corrected chi connectivity index (χ0v) is 16.2. The van der Waals surface area contributed by atoms with Crippen LogP contribution in [-0.2, 0) is 0 Å². The predicted octanol–water partition coefficient (Wildman–Crippen LogP) is 6.14. The van der Waals surface area contributed by atoms with Gasteiger partial charge in [0, 0.05) is 23.3 Å². The average molecular weight is 366 g/mol. The first-order valence-corrected chi connectivity index (χ1v) is 9.25. The van der Waals surface area contributed by atoms with Crippen molar-refractivity contribution >= 4 is 17.3 Å². The largest absolute Gasteiger partial charge is 0.366 e. The molecule has 0 spiro atoms. The van der Waals surface area contributed by atoms with Crippen molar-refractivity contribution in [1.82, 2.24) is 0 Å². The summed E-state index contributed by atoms with van der Waals surface area (Å²) in [6.07, 6.45) is 2.53. The van der Waals surface area contributed by atoms with Crippen LogP contribution in [0.4, 0.5) is 14.5 Å². The van der Waals surface area contributed by atoms with Crippen molar-refractivity contribution in [3.8, 4) is 6.07 Å². The van der Waals surface area contributed by atoms with Gasteiger partial charge in [0.05, 0.1) is 11.6 Å². The molecule has 2 aromatic carbocycles. The monoisotopic (exact) mass is 366 g/mol. The van der Waals surface area contributed by atoms with Crippen LogP contribution in [0.3, 0.4) is 0 Å². The second kappa shape index (κ2) is 7.15. The van der Waals surface area contributed by atoms with E-state index < -0.39 is 0 Å². The Bertz CT molecular complexity index is 921. The lowest BCUT2D eigenvalue weighted by molar-refractivity contribution is 0.380. The Labute approximate surface area is 159 Å². The van der Waals surface area contributed by atoms with Crippen molar-refractivity contribution in [2.75, 3.05) is 11.4 Å². The molecule has 0 saturated heterocycles. The third kappa shape index (κ3) is 3.60. The molecule has 3 rings (SSSR count). The molecule has 1 unspecified atom stereocenters. The molecular weight excluding hydrogens is 342 g/mol. The number of rotatable bonds is 3. The van der Waals surface area contributed by atoms with Crippen molar-refractivity contribution in [3.63, 3.8) is 0 Å². The lowest BCUT2D eigenvalue weighted by Gasteiger charge is -2.47. The molecule has 0 amide bonds. The summed E-state index contributed by atoms with van der Waals surface area (Å²) in [5.74, 6) is -0.430. The minimum atomic E-state index is -0.368. The van der Waals surface area contributed by atoms with Gasteiger partial charge in [0.15, 0.2) is 0 Å². The van der Waals surface area contributed by atoms with Gasteiger partial charge in [0.25, 0.3) is 0 Å². The molecule has 0 radical (unpaired) electrons. The van der Waals surface area contributed by atoms with Crippen LogP contribution >= 0.6 is 0 Å². The maximum absolute atomic E-state index is 14.9. The maximum Gasteiger partial charge on any atom is 0.132 e. The molecule has 2 nitrogen and oxygen atoms in total. The summed E-state index contributed by atoms with van der Waals surface area (Å²) >= 11 is 0. The molecule has 0 aromatic heterocycles. The third-order valence-electron chi connectivity index (χ3n) is 5.40. The van der Waals surface area contributed by atoms with Crippen LogP contribution in [0.5, 0.6) is 0 Å². The molecule has 1 atom stereocenters. The Kier molecular flexibility index (Phi) is 5.06. The Morgan fingerprint density at radius 3 is 2.52 bits per heavy atom. The predicted molar refractivity (Wildman–Crippen MR) is 106 cm³/mol. The van der Waals surface area contributed by atoms with Gasteiger partial charge in [-0.3, -0.25) is 0 Å². The van der Waals surface area contributed by atoms with E-state index in [0.29, 0.717) is 22.6 Å². The van der Waals surface area contributed by atoms with Crippen LogP contribution in [0.25, 0.3) is 11.6 Å². The van der Waals surface area contributed by atoms with Crippen LogP contribution in [0.15, 0.2) is 36.4 Å². The van der Waals surface area contributed by atoms with Gasteiger partial charge >= 0.3 is 0 Å². The standard InChI is InChI=1S/C23H24F2N2/c1-5-27-22-12-21(25)17(11-20(22)15(2)13-23(27,3)4)10-18(14-26)16-6-8-19(24)9-7-16/h6-12,15H,5,13H2,1-4H3/b18-10+. The average Bonchev–Trinajstić information content (AvgIpc) is 2.61. The van der Waals surface area contributed by atoms with Gasteiger partial charge in [-0.1, -0.05) is 19.1 Å². The van der Waals surface area contributed by atoms with E-state index in [2.05, 4.69) is 38.7 Å². The van der Waals surface area contributed by atoms with Gasteiger partial charge in [-0.15, -0.1) is 0 Å². The van der Waals surface area contributed by atoms with Crippen LogP contribution in [-0.4, -0.2) is 12.1 Å². The van der Waals surface area contributed by atoms with Crippen molar-refractivity contribution in [2.24, 2.45) is 0 Å². The van der Waals surface area contributed by atoms with E-state index in [0.717, 1.165) is 24.2 Å². The lowest BCUT2D eigenvalue weighted by atomic mass is 9.79. The van der Waals surface area contributed by atoms with E-state index >= 15 is 0 Å². The first-order chi connectivity index (χ1) is 12.8. The highest BCUT2D eigenvalue weighted by atomic mass is 19.1. The molecule has 1 aliphatic heterocycles. The summed E-state index contributed by atoms with van der Waals surface area (Å²) in [5.41, 5.74) is 3.26. The molecule has 0 saturated carbocycles. The fourth-order valence-corrected chi connectivity index (χ4v) is 4.20. The molecule has 4 heteroatoms. The normalized spacial score (nSPS) is 18.8. The van der Waals surface area contributed by atoms with E-state index in [1.807, 2.05) is 6.07 Å². The van der Waals surface area contributed by atoms with Crippen molar-refractivity contribution in [3.05, 3.63) is 64.7 Å². The number of hydrogen-bond acceptors (Lipinski definition) is 2. The van der Waals surface area contributed by atoms with Crippen molar-refractivity contribution in [2.45, 2.75) is 45.6 Å². The second-order valence-electron chi connectivity index (χ2n) is 7.77. The highest BCUT2D eigenvalue weighted by molar-refractivity contribution is 5.90. The first kappa shape index (κ1) is 19.1. The zero-order chi connectivity index (χ0) is 19.8. The molecule has 0 fully saturated rings. The van der Waals surface area contributed by atoms with Gasteiger partial charge in [0.1, 0.15) is 11.6 Å². The number of halogens is 2. The molecule has 0 N–H and O–H groups in total. The molecule has 0 aliphatic carbocycles. The minimum absolute atomic E-state index is 0.0309. The summed E-state index contributed by atoms with van der Waals surface area (Å²) < 4.78 is 28.0. The van der Waals surface area contributed by atoms with Crippen LogP contribution in [0.1, 0.15) is 56.7 Å². The number of nitriles is 1. The summed E-state index contributed by atoms with van der Waals surface area (Å²) in [6, 6.07) is 11.2. The molecule has 2 aromatic rings. The van der Waals surface area contributed by atoms with E-state index in [-0.39, 0.29) is 17.2 Å². The maximum atomic E-state index is 14.9. The molecular formula is C23H24F2N2. The minimum Gasteiger partial charge on any atom is -0.366 e. The summed E-state index contributed by atoms with van der Waals surface area (Å²) in [5, 5.41) is 9.50. The Morgan fingerprint density at radius 1 is 1.26 bits per heavy atom. The SMILES string of the molecule is CCN1c2cc(F)c(/C=C(\C#N)c3ccc(F)cc3)cc2C(C)CC1(C)C. The van der Waals surface area contributed by atoms with Gasteiger partial charge in [0.2, 0.25) is 0 Å². The molecule has 0 bridgehead atoms. The quantitative estimate of drug-likeness (QED) is 0.482. The van der Waals surface area contributed by atoms with Gasteiger partial charge in [-0.25, -0.2) is 8.78 Å². The number of allylic oxidation sites excluding steroid dienone is 1. The Hall–Kier alpha value is -2.67.